The Morgan fingerprint density at radius 3 is 2.60 bits per heavy atom. The number of carbonyl (C=O) groups excluding carboxylic acids is 1. The summed E-state index contributed by atoms with van der Waals surface area (Å²) in [6.45, 7) is 1.92. The second-order valence-electron chi connectivity index (χ2n) is 9.66. The van der Waals surface area contributed by atoms with Crippen molar-refractivity contribution in [3.63, 3.8) is 0 Å². The first-order chi connectivity index (χ1) is 21.8. The van der Waals surface area contributed by atoms with Crippen LogP contribution >= 0.6 is 43.5 Å². The highest BCUT2D eigenvalue weighted by Crippen LogP contribution is 2.42. The van der Waals surface area contributed by atoms with E-state index >= 15 is 0 Å². The molecule has 9 nitrogen and oxygen atoms in total. The van der Waals surface area contributed by atoms with Crippen LogP contribution in [0.2, 0.25) is 5.02 Å². The van der Waals surface area contributed by atoms with Gasteiger partial charge in [-0.25, -0.2) is 4.98 Å². The lowest BCUT2D eigenvalue weighted by molar-refractivity contribution is -0.118. The number of fused-ring (bicyclic) bond motifs is 2. The molecule has 4 aromatic carbocycles. The Hall–Kier alpha value is -4.45. The highest BCUT2D eigenvalue weighted by Gasteiger charge is 2.20. The van der Waals surface area contributed by atoms with Gasteiger partial charge in [-0.3, -0.25) is 9.59 Å². The summed E-state index contributed by atoms with van der Waals surface area (Å²) < 4.78 is 20.1. The van der Waals surface area contributed by atoms with E-state index < -0.39 is 0 Å². The number of amides is 1. The van der Waals surface area contributed by atoms with Crippen molar-refractivity contribution in [2.75, 3.05) is 18.5 Å². The van der Waals surface area contributed by atoms with Gasteiger partial charge in [0.25, 0.3) is 11.5 Å². The van der Waals surface area contributed by atoms with Gasteiger partial charge in [-0.2, -0.15) is 9.78 Å². The lowest BCUT2D eigenvalue weighted by Crippen LogP contribution is -2.21. The minimum absolute atomic E-state index is 0.215. The van der Waals surface area contributed by atoms with Gasteiger partial charge in [-0.1, -0.05) is 41.9 Å². The number of halogens is 3. The van der Waals surface area contributed by atoms with Crippen LogP contribution in [0, 0.1) is 0 Å². The Balaban J connectivity index is 1.37. The van der Waals surface area contributed by atoms with Crippen molar-refractivity contribution in [2.24, 2.45) is 5.10 Å². The van der Waals surface area contributed by atoms with Crippen molar-refractivity contribution >= 4 is 83.1 Å². The Morgan fingerprint density at radius 2 is 1.80 bits per heavy atom. The van der Waals surface area contributed by atoms with E-state index in [1.165, 1.54) is 10.9 Å². The van der Waals surface area contributed by atoms with Crippen molar-refractivity contribution in [1.29, 1.82) is 0 Å². The van der Waals surface area contributed by atoms with E-state index in [2.05, 4.69) is 42.3 Å². The van der Waals surface area contributed by atoms with Crippen molar-refractivity contribution in [3.05, 3.63) is 115 Å². The number of nitrogens with one attached hydrogen (secondary N) is 1. The van der Waals surface area contributed by atoms with Crippen LogP contribution in [0.4, 0.5) is 5.69 Å². The minimum atomic E-state index is -0.380. The summed E-state index contributed by atoms with van der Waals surface area (Å²) in [5.41, 5.74) is 1.94. The zero-order valence-electron chi connectivity index (χ0n) is 23.6. The summed E-state index contributed by atoms with van der Waals surface area (Å²) in [4.78, 5) is 31.0. The maximum atomic E-state index is 13.7. The first-order valence-corrected chi connectivity index (χ1v) is 15.7. The number of anilines is 1. The van der Waals surface area contributed by atoms with E-state index in [1.807, 2.05) is 31.2 Å². The first-order valence-electron chi connectivity index (χ1n) is 13.7. The van der Waals surface area contributed by atoms with E-state index in [-0.39, 0.29) is 23.9 Å². The third kappa shape index (κ3) is 6.51. The summed E-state index contributed by atoms with van der Waals surface area (Å²) in [5.74, 6) is 0.933. The number of aromatic nitrogens is 2. The normalized spacial score (nSPS) is 11.4. The van der Waals surface area contributed by atoms with Crippen LogP contribution < -0.4 is 20.3 Å². The molecule has 0 aliphatic rings. The van der Waals surface area contributed by atoms with Crippen LogP contribution in [0.15, 0.2) is 108 Å². The quantitative estimate of drug-likeness (QED) is 0.149. The predicted molar refractivity (Wildman–Crippen MR) is 183 cm³/mol. The van der Waals surface area contributed by atoms with Gasteiger partial charge in [-0.05, 0) is 93.4 Å². The van der Waals surface area contributed by atoms with Gasteiger partial charge in [-0.15, -0.1) is 0 Å². The maximum absolute atomic E-state index is 13.7. The van der Waals surface area contributed by atoms with E-state index in [0.29, 0.717) is 65.6 Å². The van der Waals surface area contributed by atoms with Crippen molar-refractivity contribution in [1.82, 2.24) is 9.66 Å². The summed E-state index contributed by atoms with van der Waals surface area (Å²) >= 11 is 13.3. The molecule has 226 valence electrons. The lowest BCUT2D eigenvalue weighted by atomic mass is 10.2. The Bertz CT molecular complexity index is 2150. The molecule has 12 heteroatoms. The van der Waals surface area contributed by atoms with Crippen molar-refractivity contribution in [3.8, 4) is 23.1 Å². The second-order valence-corrected chi connectivity index (χ2v) is 11.7. The van der Waals surface area contributed by atoms with Crippen LogP contribution in [0.25, 0.3) is 33.5 Å². The minimum Gasteiger partial charge on any atom is -0.490 e. The van der Waals surface area contributed by atoms with Crippen LogP contribution in [-0.4, -0.2) is 35.0 Å². The lowest BCUT2D eigenvalue weighted by Gasteiger charge is -2.16. The number of nitrogens with zero attached hydrogens (tertiary/aromatic N) is 3. The van der Waals surface area contributed by atoms with Gasteiger partial charge in [0.2, 0.25) is 5.82 Å². The molecule has 1 amide bonds. The number of benzene rings is 4. The largest absolute Gasteiger partial charge is 0.490 e. The summed E-state index contributed by atoms with van der Waals surface area (Å²) in [7, 11) is 0. The molecule has 2 aromatic heterocycles. The van der Waals surface area contributed by atoms with Crippen LogP contribution in [-0.2, 0) is 4.79 Å². The molecule has 0 unspecified atom stereocenters. The van der Waals surface area contributed by atoms with E-state index in [0.717, 1.165) is 5.39 Å². The maximum Gasteiger partial charge on any atom is 0.282 e. The van der Waals surface area contributed by atoms with E-state index in [1.54, 1.807) is 60.7 Å². The topological polar surface area (TPSA) is 108 Å². The number of hydrogen-bond donors (Lipinski definition) is 1. The zero-order chi connectivity index (χ0) is 31.5. The summed E-state index contributed by atoms with van der Waals surface area (Å²) in [6.07, 6.45) is 1.50. The van der Waals surface area contributed by atoms with Crippen LogP contribution in [0.5, 0.6) is 11.5 Å². The Labute approximate surface area is 278 Å². The fourth-order valence-corrected chi connectivity index (χ4v) is 5.70. The second kappa shape index (κ2) is 13.3. The van der Waals surface area contributed by atoms with Crippen LogP contribution in [0.1, 0.15) is 12.5 Å². The highest BCUT2D eigenvalue weighted by molar-refractivity contribution is 9.13. The van der Waals surface area contributed by atoms with E-state index in [9.17, 15) is 9.59 Å². The highest BCUT2D eigenvalue weighted by atomic mass is 79.9. The van der Waals surface area contributed by atoms with Gasteiger partial charge in [0, 0.05) is 26.1 Å². The molecule has 0 saturated carbocycles. The SMILES string of the molecule is CCOc1cc(C=Nn2c(-c3cc4cc(Cl)ccc4o3)nc3ccccc3c2=O)c(Br)c(Br)c1OCC(=O)Nc1ccccc1. The fraction of sp³-hybridized carbons (Fsp3) is 0.0909. The Kier molecular flexibility index (Phi) is 9.02. The van der Waals surface area contributed by atoms with Gasteiger partial charge >= 0.3 is 0 Å². The molecule has 0 spiro atoms. The smallest absolute Gasteiger partial charge is 0.282 e. The van der Waals surface area contributed by atoms with Crippen LogP contribution in [0.3, 0.4) is 0 Å². The van der Waals surface area contributed by atoms with Gasteiger partial charge in [0.15, 0.2) is 23.9 Å². The molecule has 0 atom stereocenters. The molecule has 0 fully saturated rings. The van der Waals surface area contributed by atoms with Gasteiger partial charge in [0.05, 0.1) is 28.2 Å². The number of para-hydroxylation sites is 2. The monoisotopic (exact) mass is 748 g/mol. The van der Waals surface area contributed by atoms with Gasteiger partial charge < -0.3 is 19.2 Å². The summed E-state index contributed by atoms with van der Waals surface area (Å²) in [5, 5.41) is 9.06. The average Bonchev–Trinajstić information content (AvgIpc) is 3.46. The molecular formula is C33H23Br2ClN4O5. The first kappa shape index (κ1) is 30.6. The average molecular weight is 751 g/mol. The zero-order valence-corrected chi connectivity index (χ0v) is 27.5. The standard InChI is InChI=1S/C33H23Br2ClN4O5/c1-2-43-26-16-20(29(34)30(35)31(26)44-18-28(41)38-22-8-4-3-5-9-22)17-37-40-32(39-24-11-7-6-10-23(24)33(40)42)27-15-19-14-21(36)12-13-25(19)45-27/h3-17H,2,18H2,1H3,(H,38,41). The third-order valence-corrected chi connectivity index (χ3v) is 9.00. The number of hydrogen-bond acceptors (Lipinski definition) is 7. The molecule has 1 N–H and O–H groups in total. The number of ether oxygens (including phenoxy) is 2. The molecule has 0 bridgehead atoms. The number of furan rings is 1. The molecule has 0 aliphatic carbocycles. The number of carbonyl (C=O) groups is 1. The molecule has 0 aliphatic heterocycles. The predicted octanol–water partition coefficient (Wildman–Crippen LogP) is 8.29. The Morgan fingerprint density at radius 1 is 1.02 bits per heavy atom. The van der Waals surface area contributed by atoms with Crippen molar-refractivity contribution < 1.29 is 18.7 Å². The molecule has 0 radical (unpaired) electrons. The molecule has 6 rings (SSSR count). The molecule has 45 heavy (non-hydrogen) atoms. The fourth-order valence-electron chi connectivity index (χ4n) is 4.59. The summed E-state index contributed by atoms with van der Waals surface area (Å²) in [6, 6.07) is 24.9. The molecule has 6 aromatic rings. The third-order valence-electron chi connectivity index (χ3n) is 6.63. The molecule has 2 heterocycles. The number of rotatable bonds is 9. The van der Waals surface area contributed by atoms with Crippen molar-refractivity contribution in [2.45, 2.75) is 6.92 Å². The molecular weight excluding hydrogens is 728 g/mol. The van der Waals surface area contributed by atoms with E-state index in [4.69, 9.17) is 30.5 Å². The van der Waals surface area contributed by atoms with Gasteiger partial charge in [0.1, 0.15) is 5.58 Å². The molecule has 0 saturated heterocycles.